The van der Waals surface area contributed by atoms with Crippen LogP contribution in [0.5, 0.6) is 0 Å². The molecular formula is C11H8N4O2. The lowest BCUT2D eigenvalue weighted by Gasteiger charge is -1.91. The lowest BCUT2D eigenvalue weighted by atomic mass is 10.1. The van der Waals surface area contributed by atoms with Gasteiger partial charge in [-0.2, -0.15) is 0 Å². The normalized spacial score (nSPS) is 10.6. The molecule has 0 atom stereocenters. The summed E-state index contributed by atoms with van der Waals surface area (Å²) in [7, 11) is 0. The van der Waals surface area contributed by atoms with Crippen molar-refractivity contribution in [2.24, 2.45) is 0 Å². The highest BCUT2D eigenvalue weighted by Gasteiger charge is 2.15. The van der Waals surface area contributed by atoms with Gasteiger partial charge in [-0.3, -0.25) is 0 Å². The number of hydrogen-bond acceptors (Lipinski definition) is 6. The van der Waals surface area contributed by atoms with Gasteiger partial charge in [-0.15, -0.1) is 0 Å². The molecule has 2 N–H and O–H groups in total. The molecule has 2 aromatic heterocycles. The Hall–Kier alpha value is -2.63. The summed E-state index contributed by atoms with van der Waals surface area (Å²) < 4.78 is 9.72. The van der Waals surface area contributed by atoms with Gasteiger partial charge in [0.25, 0.3) is 0 Å². The maximum atomic E-state index is 5.57. The van der Waals surface area contributed by atoms with Crippen molar-refractivity contribution < 1.29 is 9.15 Å². The van der Waals surface area contributed by atoms with Crippen molar-refractivity contribution in [2.75, 3.05) is 5.73 Å². The Morgan fingerprint density at radius 2 is 1.82 bits per heavy atom. The van der Waals surface area contributed by atoms with Crippen molar-refractivity contribution in [3.05, 3.63) is 36.4 Å². The van der Waals surface area contributed by atoms with Gasteiger partial charge in [0.2, 0.25) is 0 Å². The topological polar surface area (TPSA) is 91.0 Å². The maximum Gasteiger partial charge on any atom is 0.198 e. The summed E-state index contributed by atoms with van der Waals surface area (Å²) in [6.45, 7) is 0. The quantitative estimate of drug-likeness (QED) is 0.721. The monoisotopic (exact) mass is 228 g/mol. The largest absolute Gasteiger partial charge is 0.379 e. The molecule has 0 aliphatic carbocycles. The summed E-state index contributed by atoms with van der Waals surface area (Å²) in [6.07, 6.45) is 0. The van der Waals surface area contributed by atoms with Crippen LogP contribution in [0.1, 0.15) is 0 Å². The summed E-state index contributed by atoms with van der Waals surface area (Å²) >= 11 is 0. The lowest BCUT2D eigenvalue weighted by Crippen LogP contribution is -1.87. The number of aromatic nitrogens is 3. The zero-order chi connectivity index (χ0) is 11.7. The second kappa shape index (κ2) is 3.75. The summed E-state index contributed by atoms with van der Waals surface area (Å²) in [5, 5.41) is 11.0. The van der Waals surface area contributed by atoms with Crippen molar-refractivity contribution in [2.45, 2.75) is 0 Å². The average Bonchev–Trinajstić information content (AvgIpc) is 2.98. The second-order valence-electron chi connectivity index (χ2n) is 3.44. The molecule has 0 aliphatic heterocycles. The fraction of sp³-hybridized carbons (Fsp3) is 0. The maximum absolute atomic E-state index is 5.57. The number of nitrogens with zero attached hydrogens (tertiary/aromatic N) is 3. The first-order valence-electron chi connectivity index (χ1n) is 4.95. The Kier molecular flexibility index (Phi) is 2.11. The van der Waals surface area contributed by atoms with E-state index in [4.69, 9.17) is 10.3 Å². The lowest BCUT2D eigenvalue weighted by molar-refractivity contribution is 0.310. The molecule has 3 aromatic rings. The summed E-state index contributed by atoms with van der Waals surface area (Å²) in [6, 6.07) is 11.4. The summed E-state index contributed by atoms with van der Waals surface area (Å²) in [5.74, 6) is 0.834. The fourth-order valence-corrected chi connectivity index (χ4v) is 1.50. The van der Waals surface area contributed by atoms with E-state index in [-0.39, 0.29) is 5.82 Å². The number of hydrogen-bond donors (Lipinski definition) is 1. The van der Waals surface area contributed by atoms with E-state index >= 15 is 0 Å². The van der Waals surface area contributed by atoms with Crippen LogP contribution >= 0.6 is 0 Å². The number of nitrogen functional groups attached to an aromatic ring is 1. The van der Waals surface area contributed by atoms with Crippen molar-refractivity contribution >= 4 is 5.82 Å². The highest BCUT2D eigenvalue weighted by Crippen LogP contribution is 2.26. The third-order valence-corrected chi connectivity index (χ3v) is 2.32. The van der Waals surface area contributed by atoms with E-state index < -0.39 is 0 Å². The molecule has 0 radical (unpaired) electrons. The zero-order valence-electron chi connectivity index (χ0n) is 8.70. The standard InChI is InChI=1S/C11H8N4O2/c12-11-10(14-17-15-11)8-6-9(16-13-8)7-4-2-1-3-5-7/h1-6H,(H2,12,15). The number of anilines is 1. The van der Waals surface area contributed by atoms with E-state index in [1.807, 2.05) is 30.3 Å². The van der Waals surface area contributed by atoms with Crippen molar-refractivity contribution in [3.63, 3.8) is 0 Å². The first-order valence-corrected chi connectivity index (χ1v) is 4.95. The van der Waals surface area contributed by atoms with Gasteiger partial charge >= 0.3 is 0 Å². The molecule has 0 fully saturated rings. The van der Waals surface area contributed by atoms with E-state index in [2.05, 4.69) is 20.1 Å². The van der Waals surface area contributed by atoms with Gasteiger partial charge < -0.3 is 10.3 Å². The molecule has 2 heterocycles. The Morgan fingerprint density at radius 1 is 1.00 bits per heavy atom. The first-order chi connectivity index (χ1) is 8.34. The van der Waals surface area contributed by atoms with Crippen LogP contribution in [0, 0.1) is 0 Å². The molecule has 6 heteroatoms. The van der Waals surface area contributed by atoms with Crippen molar-refractivity contribution in [1.82, 2.24) is 15.5 Å². The predicted molar refractivity (Wildman–Crippen MR) is 59.6 cm³/mol. The predicted octanol–water partition coefficient (Wildman–Crippen LogP) is 1.97. The van der Waals surface area contributed by atoms with E-state index in [9.17, 15) is 0 Å². The van der Waals surface area contributed by atoms with Crippen molar-refractivity contribution in [3.8, 4) is 22.7 Å². The Bertz CT molecular complexity index is 630. The first kappa shape index (κ1) is 9.59. The Labute approximate surface area is 96.0 Å². The SMILES string of the molecule is Nc1nonc1-c1cc(-c2ccccc2)on1. The van der Waals surface area contributed by atoms with Crippen LogP contribution in [0.15, 0.2) is 45.6 Å². The second-order valence-corrected chi connectivity index (χ2v) is 3.44. The average molecular weight is 228 g/mol. The van der Waals surface area contributed by atoms with E-state index in [0.717, 1.165) is 5.56 Å². The molecule has 0 saturated carbocycles. The van der Waals surface area contributed by atoms with Crippen LogP contribution < -0.4 is 5.73 Å². The summed E-state index contributed by atoms with van der Waals surface area (Å²) in [4.78, 5) is 0. The molecule has 0 amide bonds. The van der Waals surface area contributed by atoms with E-state index in [0.29, 0.717) is 17.1 Å². The smallest absolute Gasteiger partial charge is 0.198 e. The highest BCUT2D eigenvalue weighted by atomic mass is 16.6. The van der Waals surface area contributed by atoms with Crippen LogP contribution in [0.2, 0.25) is 0 Å². The van der Waals surface area contributed by atoms with Gasteiger partial charge in [0.15, 0.2) is 17.3 Å². The van der Waals surface area contributed by atoms with Gasteiger partial charge in [-0.1, -0.05) is 35.5 Å². The Morgan fingerprint density at radius 3 is 2.53 bits per heavy atom. The van der Waals surface area contributed by atoms with Crippen LogP contribution in [-0.2, 0) is 0 Å². The van der Waals surface area contributed by atoms with Gasteiger partial charge in [0, 0.05) is 11.6 Å². The van der Waals surface area contributed by atoms with Crippen LogP contribution in [0.3, 0.4) is 0 Å². The molecule has 1 aromatic carbocycles. The molecule has 0 unspecified atom stereocenters. The highest BCUT2D eigenvalue weighted by molar-refractivity contribution is 5.69. The van der Waals surface area contributed by atoms with Gasteiger partial charge in [-0.05, 0) is 10.3 Å². The zero-order valence-corrected chi connectivity index (χ0v) is 8.70. The number of benzene rings is 1. The molecular weight excluding hydrogens is 220 g/mol. The minimum absolute atomic E-state index is 0.193. The molecule has 0 saturated heterocycles. The molecule has 84 valence electrons. The molecule has 3 rings (SSSR count). The minimum atomic E-state index is 0.193. The molecule has 6 nitrogen and oxygen atoms in total. The summed E-state index contributed by atoms with van der Waals surface area (Å²) in [5.41, 5.74) is 7.39. The van der Waals surface area contributed by atoms with Crippen LogP contribution in [0.25, 0.3) is 22.7 Å². The molecule has 0 aliphatic rings. The van der Waals surface area contributed by atoms with Crippen molar-refractivity contribution in [1.29, 1.82) is 0 Å². The van der Waals surface area contributed by atoms with E-state index in [1.54, 1.807) is 6.07 Å². The van der Waals surface area contributed by atoms with Gasteiger partial charge in [0.05, 0.1) is 0 Å². The Balaban J connectivity index is 2.02. The fourth-order valence-electron chi connectivity index (χ4n) is 1.50. The van der Waals surface area contributed by atoms with Crippen LogP contribution in [-0.4, -0.2) is 15.5 Å². The molecule has 17 heavy (non-hydrogen) atoms. The van der Waals surface area contributed by atoms with Crippen LogP contribution in [0.4, 0.5) is 5.82 Å². The van der Waals surface area contributed by atoms with E-state index in [1.165, 1.54) is 0 Å². The molecule has 0 spiro atoms. The number of rotatable bonds is 2. The molecule has 0 bridgehead atoms. The third-order valence-electron chi connectivity index (χ3n) is 2.32. The minimum Gasteiger partial charge on any atom is -0.379 e. The van der Waals surface area contributed by atoms with Gasteiger partial charge in [0.1, 0.15) is 5.69 Å². The number of nitrogens with two attached hydrogens (primary N) is 1. The van der Waals surface area contributed by atoms with Gasteiger partial charge in [-0.25, -0.2) is 4.63 Å². The third kappa shape index (κ3) is 1.65.